The lowest BCUT2D eigenvalue weighted by Gasteiger charge is -2.60. The summed E-state index contributed by atoms with van der Waals surface area (Å²) in [4.78, 5) is 12.7. The van der Waals surface area contributed by atoms with Crippen LogP contribution in [0.4, 0.5) is 0 Å². The molecular weight excluding hydrogens is 348 g/mol. The molecule has 0 aliphatic heterocycles. The molecule has 0 N–H and O–H groups in total. The number of fused-ring (bicyclic) bond motifs is 3. The topological polar surface area (TPSA) is 35.5 Å². The van der Waals surface area contributed by atoms with Crippen LogP contribution in [0.5, 0.6) is 0 Å². The second kappa shape index (κ2) is 7.48. The third kappa shape index (κ3) is 3.01. The first-order chi connectivity index (χ1) is 13.4. The third-order valence-corrected chi connectivity index (χ3v) is 7.60. The predicted molar refractivity (Wildman–Crippen MR) is 109 cm³/mol. The van der Waals surface area contributed by atoms with Gasteiger partial charge in [-0.2, -0.15) is 0 Å². The van der Waals surface area contributed by atoms with Crippen LogP contribution in [0.25, 0.3) is 0 Å². The van der Waals surface area contributed by atoms with Crippen LogP contribution in [0, 0.1) is 47.5 Å². The van der Waals surface area contributed by atoms with Gasteiger partial charge < -0.3 is 9.47 Å². The average Bonchev–Trinajstić information content (AvgIpc) is 2.72. The van der Waals surface area contributed by atoms with E-state index in [-0.39, 0.29) is 17.3 Å². The maximum Gasteiger partial charge on any atom is 0.311 e. The van der Waals surface area contributed by atoms with Gasteiger partial charge in [-0.1, -0.05) is 43.7 Å². The van der Waals surface area contributed by atoms with Gasteiger partial charge in [0.25, 0.3) is 0 Å². The van der Waals surface area contributed by atoms with Gasteiger partial charge in [0.05, 0.1) is 12.5 Å². The number of benzene rings is 1. The molecular formula is C25H31O3. The van der Waals surface area contributed by atoms with Crippen molar-refractivity contribution in [3.63, 3.8) is 0 Å². The Morgan fingerprint density at radius 3 is 2.54 bits per heavy atom. The van der Waals surface area contributed by atoms with Crippen molar-refractivity contribution in [1.82, 2.24) is 0 Å². The molecule has 3 nitrogen and oxygen atoms in total. The lowest BCUT2D eigenvalue weighted by molar-refractivity contribution is -0.164. The molecule has 1 aromatic carbocycles. The van der Waals surface area contributed by atoms with Crippen LogP contribution in [0.1, 0.15) is 57.4 Å². The van der Waals surface area contributed by atoms with Gasteiger partial charge in [0.2, 0.25) is 0 Å². The molecule has 3 fully saturated rings. The maximum atomic E-state index is 12.7. The Balaban J connectivity index is 1.63. The molecule has 5 radical (unpaired) electrons. The standard InChI is InChI=1S/C25H31O3/c1-24-13-8-14-25(2,23(26)28-4)22(24)12-11-18-15-19(17-9-6-5-7-10-17)21(27-3)16-20(18)24/h5-7,9-10,15-16,19,22H,8,11-14H2,1-4H3/t19?,22?,24-,25+/m1/s1. The zero-order valence-electron chi connectivity index (χ0n) is 17.5. The minimum atomic E-state index is -0.405. The minimum Gasteiger partial charge on any atom is -0.469 e. The molecule has 4 rings (SSSR count). The van der Waals surface area contributed by atoms with Crippen molar-refractivity contribution in [1.29, 1.82) is 0 Å². The van der Waals surface area contributed by atoms with Gasteiger partial charge in [-0.3, -0.25) is 4.79 Å². The highest BCUT2D eigenvalue weighted by Gasteiger charge is 2.61. The first-order valence-corrected chi connectivity index (χ1v) is 10.4. The third-order valence-electron chi connectivity index (χ3n) is 7.60. The second-order valence-corrected chi connectivity index (χ2v) is 9.02. The lowest BCUT2D eigenvalue weighted by Crippen LogP contribution is -2.55. The number of hydrogen-bond acceptors (Lipinski definition) is 3. The van der Waals surface area contributed by atoms with Gasteiger partial charge in [-0.15, -0.1) is 0 Å². The van der Waals surface area contributed by atoms with E-state index in [9.17, 15) is 4.79 Å². The largest absolute Gasteiger partial charge is 0.469 e. The molecule has 0 amide bonds. The number of hydrogen-bond donors (Lipinski definition) is 0. The number of methoxy groups -OCH3 is 2. The molecule has 3 aliphatic rings. The normalized spacial score (nSPS) is 37.1. The van der Waals surface area contributed by atoms with E-state index in [1.165, 1.54) is 24.5 Å². The molecule has 1 aromatic rings. The van der Waals surface area contributed by atoms with E-state index >= 15 is 0 Å². The summed E-state index contributed by atoms with van der Waals surface area (Å²) < 4.78 is 11.1. The number of carbonyl (C=O) groups is 1. The summed E-state index contributed by atoms with van der Waals surface area (Å²) in [7, 11) is 3.29. The Morgan fingerprint density at radius 1 is 1.11 bits per heavy atom. The van der Waals surface area contributed by atoms with Crippen molar-refractivity contribution in [2.75, 3.05) is 14.2 Å². The van der Waals surface area contributed by atoms with Crippen molar-refractivity contribution in [3.8, 4) is 0 Å². The van der Waals surface area contributed by atoms with Crippen molar-refractivity contribution in [3.05, 3.63) is 66.7 Å². The first kappa shape index (κ1) is 19.9. The predicted octanol–water partition coefficient (Wildman–Crippen LogP) is 5.30. The van der Waals surface area contributed by atoms with Crippen LogP contribution in [0.3, 0.4) is 0 Å². The van der Waals surface area contributed by atoms with Crippen molar-refractivity contribution < 1.29 is 14.3 Å². The fourth-order valence-corrected chi connectivity index (χ4v) is 6.17. The van der Waals surface area contributed by atoms with Gasteiger partial charge in [0.1, 0.15) is 6.10 Å². The summed E-state index contributed by atoms with van der Waals surface area (Å²) in [5, 5.41) is 0. The molecule has 28 heavy (non-hydrogen) atoms. The Labute approximate surface area is 170 Å². The molecule has 0 bridgehead atoms. The van der Waals surface area contributed by atoms with Crippen LogP contribution in [0.2, 0.25) is 0 Å². The molecule has 3 saturated carbocycles. The van der Waals surface area contributed by atoms with Crippen molar-refractivity contribution in [2.45, 2.75) is 51.9 Å². The van der Waals surface area contributed by atoms with Crippen molar-refractivity contribution in [2.24, 2.45) is 16.7 Å². The molecule has 4 atom stereocenters. The number of ether oxygens (including phenoxy) is 2. The minimum absolute atomic E-state index is 0.0172. The van der Waals surface area contributed by atoms with Crippen LogP contribution in [-0.4, -0.2) is 20.2 Å². The van der Waals surface area contributed by atoms with Gasteiger partial charge >= 0.3 is 5.97 Å². The Hall–Kier alpha value is -1.35. The Bertz CT molecular complexity index is 701. The highest BCUT2D eigenvalue weighted by atomic mass is 16.5. The summed E-state index contributed by atoms with van der Waals surface area (Å²) in [5.74, 6) is 3.23. The summed E-state index contributed by atoms with van der Waals surface area (Å²) in [6.45, 7) is 4.47. The Kier molecular flexibility index (Phi) is 5.33. The van der Waals surface area contributed by atoms with Gasteiger partial charge in [-0.25, -0.2) is 0 Å². The zero-order valence-corrected chi connectivity index (χ0v) is 17.5. The number of rotatable bonds is 3. The number of carbonyl (C=O) groups excluding carboxylic acids is 1. The van der Waals surface area contributed by atoms with Gasteiger partial charge in [-0.05, 0) is 67.8 Å². The van der Waals surface area contributed by atoms with E-state index in [2.05, 4.69) is 57.0 Å². The first-order valence-electron chi connectivity index (χ1n) is 10.4. The Morgan fingerprint density at radius 2 is 1.86 bits per heavy atom. The quantitative estimate of drug-likeness (QED) is 0.669. The van der Waals surface area contributed by atoms with Gasteiger partial charge in [0, 0.05) is 19.4 Å². The molecule has 2 unspecified atom stereocenters. The second-order valence-electron chi connectivity index (χ2n) is 9.02. The van der Waals surface area contributed by atoms with E-state index < -0.39 is 5.41 Å². The van der Waals surface area contributed by atoms with Gasteiger partial charge in [0.15, 0.2) is 0 Å². The molecule has 0 saturated heterocycles. The summed E-state index contributed by atoms with van der Waals surface area (Å²) in [5.41, 5.74) is 0.839. The maximum absolute atomic E-state index is 12.7. The summed E-state index contributed by atoms with van der Waals surface area (Å²) in [6, 6.07) is 10.6. The van der Waals surface area contributed by atoms with E-state index in [1.54, 1.807) is 7.11 Å². The molecule has 149 valence electrons. The van der Waals surface area contributed by atoms with E-state index in [0.717, 1.165) is 38.2 Å². The SMILES string of the molecule is CO[C]1[CH][C]2[C]([CH]C1c1ccccc1)CCC1[C@]2(C)CCC[C@]1(C)C(=O)OC. The summed E-state index contributed by atoms with van der Waals surface area (Å²) in [6.07, 6.45) is 10.8. The average molecular weight is 380 g/mol. The molecule has 0 heterocycles. The fraction of sp³-hybridized carbons (Fsp3) is 0.520. The monoisotopic (exact) mass is 379 g/mol. The molecule has 3 heteroatoms. The van der Waals surface area contributed by atoms with E-state index in [4.69, 9.17) is 9.47 Å². The molecule has 0 aromatic heterocycles. The fourth-order valence-electron chi connectivity index (χ4n) is 6.17. The van der Waals surface area contributed by atoms with Crippen LogP contribution < -0.4 is 0 Å². The highest BCUT2D eigenvalue weighted by Crippen LogP contribution is 2.67. The molecule has 0 spiro atoms. The van der Waals surface area contributed by atoms with E-state index in [1.807, 2.05) is 0 Å². The van der Waals surface area contributed by atoms with Crippen LogP contribution in [0.15, 0.2) is 30.3 Å². The molecule has 3 aliphatic carbocycles. The lowest BCUT2D eigenvalue weighted by atomic mass is 9.43. The van der Waals surface area contributed by atoms with Crippen LogP contribution >= 0.6 is 0 Å². The van der Waals surface area contributed by atoms with Crippen LogP contribution in [-0.2, 0) is 14.3 Å². The highest BCUT2D eigenvalue weighted by molar-refractivity contribution is 5.77. The summed E-state index contributed by atoms with van der Waals surface area (Å²) >= 11 is 0. The van der Waals surface area contributed by atoms with Crippen molar-refractivity contribution >= 4 is 5.97 Å². The number of esters is 1. The van der Waals surface area contributed by atoms with E-state index in [0.29, 0.717) is 5.92 Å². The smallest absolute Gasteiger partial charge is 0.311 e. The zero-order chi connectivity index (χ0) is 19.9.